The highest BCUT2D eigenvalue weighted by Gasteiger charge is 2.30. The van der Waals surface area contributed by atoms with Gasteiger partial charge in [0.05, 0.1) is 40.6 Å². The van der Waals surface area contributed by atoms with Crippen molar-refractivity contribution in [3.05, 3.63) is 83.1 Å². The monoisotopic (exact) mass is 449 g/mol. The molecule has 2 aromatic heterocycles. The number of aromatic nitrogens is 2. The second-order valence-electron chi connectivity index (χ2n) is 8.92. The number of fused-ring (bicyclic) bond motifs is 2. The van der Waals surface area contributed by atoms with Gasteiger partial charge in [0.1, 0.15) is 11.6 Å². The molecule has 1 atom stereocenters. The molecule has 1 amide bonds. The zero-order chi connectivity index (χ0) is 23.3. The minimum absolute atomic E-state index is 0.0389. The van der Waals surface area contributed by atoms with Crippen molar-refractivity contribution in [1.82, 2.24) is 14.5 Å². The van der Waals surface area contributed by atoms with Crippen LogP contribution in [-0.4, -0.2) is 33.5 Å². The van der Waals surface area contributed by atoms with Gasteiger partial charge in [0.25, 0.3) is 5.91 Å². The lowest BCUT2D eigenvalue weighted by Gasteiger charge is -2.34. The van der Waals surface area contributed by atoms with Crippen LogP contribution >= 0.6 is 0 Å². The Morgan fingerprint density at radius 1 is 1.15 bits per heavy atom. The molecule has 0 saturated carbocycles. The molecule has 5 rings (SSSR count). The summed E-state index contributed by atoms with van der Waals surface area (Å²) < 4.78 is 36.2. The number of benzene rings is 1. The third-order valence-electron chi connectivity index (χ3n) is 6.45. The molecule has 1 saturated heterocycles. The molecule has 1 unspecified atom stereocenters. The number of hydrogen-bond donors (Lipinski definition) is 0. The molecule has 0 bridgehead atoms. The molecule has 33 heavy (non-hydrogen) atoms. The average Bonchev–Trinajstić information content (AvgIpc) is 3.13. The second-order valence-corrected chi connectivity index (χ2v) is 8.92. The van der Waals surface area contributed by atoms with E-state index in [1.807, 2.05) is 24.8 Å². The van der Waals surface area contributed by atoms with Gasteiger partial charge in [0.2, 0.25) is 0 Å². The van der Waals surface area contributed by atoms with Crippen LogP contribution in [0, 0.1) is 24.5 Å². The molecule has 2 aliphatic rings. The first-order chi connectivity index (χ1) is 15.9. The summed E-state index contributed by atoms with van der Waals surface area (Å²) in [6.45, 7) is 6.85. The first-order valence-corrected chi connectivity index (χ1v) is 11.1. The van der Waals surface area contributed by atoms with Crippen molar-refractivity contribution in [3.8, 4) is 11.1 Å². The molecule has 170 valence electrons. The van der Waals surface area contributed by atoms with Crippen LogP contribution in [0.4, 0.5) is 8.78 Å². The Balaban J connectivity index is 1.61. The maximum atomic E-state index is 14.6. The molecule has 0 radical (unpaired) electrons. The number of amides is 1. The van der Waals surface area contributed by atoms with Crippen molar-refractivity contribution in [1.29, 1.82) is 0 Å². The Labute approximate surface area is 191 Å². The zero-order valence-corrected chi connectivity index (χ0v) is 18.8. The minimum atomic E-state index is -0.640. The Morgan fingerprint density at radius 3 is 2.64 bits per heavy atom. The number of likely N-dealkylation sites (tertiary alicyclic amines) is 1. The SMILES string of the molecule is Cc1nn2c(C(C)C)c(C(=O)N3CCC4C=COC=C4C3)ccc2c1-c1c(F)cccc1F. The first kappa shape index (κ1) is 21.4. The van der Waals surface area contributed by atoms with E-state index in [0.29, 0.717) is 41.3 Å². The van der Waals surface area contributed by atoms with Crippen LogP contribution in [0.25, 0.3) is 16.6 Å². The molecular weight excluding hydrogens is 424 g/mol. The van der Waals surface area contributed by atoms with Gasteiger partial charge in [0, 0.05) is 24.6 Å². The molecule has 4 heterocycles. The van der Waals surface area contributed by atoms with Crippen molar-refractivity contribution in [3.63, 3.8) is 0 Å². The molecule has 3 aromatic rings. The van der Waals surface area contributed by atoms with Gasteiger partial charge in [-0.2, -0.15) is 5.10 Å². The zero-order valence-electron chi connectivity index (χ0n) is 18.8. The second kappa shape index (κ2) is 8.14. The fraction of sp³-hybridized carbons (Fsp3) is 0.308. The van der Waals surface area contributed by atoms with E-state index in [0.717, 1.165) is 17.7 Å². The summed E-state index contributed by atoms with van der Waals surface area (Å²) in [4.78, 5) is 15.4. The molecule has 0 spiro atoms. The molecule has 1 aromatic carbocycles. The predicted octanol–water partition coefficient (Wildman–Crippen LogP) is 5.60. The third kappa shape index (κ3) is 3.52. The number of aryl methyl sites for hydroxylation is 1. The fourth-order valence-corrected chi connectivity index (χ4v) is 4.88. The summed E-state index contributed by atoms with van der Waals surface area (Å²) in [5.74, 6) is -1.09. The number of rotatable bonds is 3. The largest absolute Gasteiger partial charge is 0.473 e. The van der Waals surface area contributed by atoms with E-state index in [-0.39, 0.29) is 17.4 Å². The van der Waals surface area contributed by atoms with Gasteiger partial charge in [0.15, 0.2) is 0 Å². The maximum Gasteiger partial charge on any atom is 0.256 e. The van der Waals surface area contributed by atoms with E-state index in [2.05, 4.69) is 5.10 Å². The van der Waals surface area contributed by atoms with Crippen LogP contribution in [0.15, 0.2) is 54.5 Å². The van der Waals surface area contributed by atoms with Crippen LogP contribution in [-0.2, 0) is 4.74 Å². The normalized spacial score (nSPS) is 17.8. The molecule has 7 heteroatoms. The van der Waals surface area contributed by atoms with Crippen molar-refractivity contribution >= 4 is 11.4 Å². The van der Waals surface area contributed by atoms with Gasteiger partial charge in [-0.25, -0.2) is 13.3 Å². The van der Waals surface area contributed by atoms with Crippen molar-refractivity contribution in [2.24, 2.45) is 5.92 Å². The van der Waals surface area contributed by atoms with Crippen LogP contribution in [0.3, 0.4) is 0 Å². The third-order valence-corrected chi connectivity index (χ3v) is 6.45. The summed E-state index contributed by atoms with van der Waals surface area (Å²) in [5.41, 5.74) is 3.73. The standard InChI is InChI=1S/C26H25F2N3O2/c1-15(2)25-19(26(32)30-11-9-17-10-12-33-14-18(17)13-30)7-8-22-23(16(3)29-31(22)25)24-20(27)5-4-6-21(24)28/h4-8,10,12,14-15,17H,9,11,13H2,1-3H3. The lowest BCUT2D eigenvalue weighted by molar-refractivity contribution is 0.0735. The lowest BCUT2D eigenvalue weighted by atomic mass is 9.90. The van der Waals surface area contributed by atoms with Crippen molar-refractivity contribution < 1.29 is 18.3 Å². The number of ether oxygens (including phenoxy) is 1. The molecular formula is C26H25F2N3O2. The van der Waals surface area contributed by atoms with Crippen LogP contribution in [0.5, 0.6) is 0 Å². The summed E-state index contributed by atoms with van der Waals surface area (Å²) in [6.07, 6.45) is 6.28. The van der Waals surface area contributed by atoms with Gasteiger partial charge in [-0.15, -0.1) is 0 Å². The van der Waals surface area contributed by atoms with E-state index < -0.39 is 11.6 Å². The van der Waals surface area contributed by atoms with Gasteiger partial charge < -0.3 is 9.64 Å². The van der Waals surface area contributed by atoms with E-state index >= 15 is 0 Å². The summed E-state index contributed by atoms with van der Waals surface area (Å²) in [5, 5.41) is 4.62. The minimum Gasteiger partial charge on any atom is -0.473 e. The lowest BCUT2D eigenvalue weighted by Crippen LogP contribution is -2.40. The Kier molecular flexibility index (Phi) is 5.27. The molecule has 0 N–H and O–H groups in total. The quantitative estimate of drug-likeness (QED) is 0.523. The molecule has 5 nitrogen and oxygen atoms in total. The summed E-state index contributed by atoms with van der Waals surface area (Å²) >= 11 is 0. The Hall–Kier alpha value is -3.48. The van der Waals surface area contributed by atoms with E-state index in [1.54, 1.807) is 36.1 Å². The highest BCUT2D eigenvalue weighted by atomic mass is 19.1. The number of hydrogen-bond acceptors (Lipinski definition) is 3. The average molecular weight is 450 g/mol. The smallest absolute Gasteiger partial charge is 0.256 e. The molecule has 1 fully saturated rings. The number of nitrogens with zero attached hydrogens (tertiary/aromatic N) is 3. The van der Waals surface area contributed by atoms with E-state index in [4.69, 9.17) is 4.74 Å². The molecule has 0 aliphatic carbocycles. The van der Waals surface area contributed by atoms with Gasteiger partial charge in [-0.1, -0.05) is 19.9 Å². The first-order valence-electron chi connectivity index (χ1n) is 11.1. The Bertz CT molecular complexity index is 1300. The summed E-state index contributed by atoms with van der Waals surface area (Å²) in [6, 6.07) is 7.32. The van der Waals surface area contributed by atoms with Crippen molar-refractivity contribution in [2.45, 2.75) is 33.1 Å². The van der Waals surface area contributed by atoms with Crippen LogP contribution in [0.2, 0.25) is 0 Å². The number of carbonyl (C=O) groups is 1. The maximum absolute atomic E-state index is 14.6. The number of piperidine rings is 1. The molecule has 2 aliphatic heterocycles. The van der Waals surface area contributed by atoms with Crippen molar-refractivity contribution in [2.75, 3.05) is 13.1 Å². The number of carbonyl (C=O) groups excluding carboxylic acids is 1. The van der Waals surface area contributed by atoms with Crippen LogP contribution < -0.4 is 0 Å². The number of allylic oxidation sites excluding steroid dienone is 1. The highest BCUT2D eigenvalue weighted by molar-refractivity contribution is 5.97. The van der Waals surface area contributed by atoms with Gasteiger partial charge in [-0.3, -0.25) is 4.79 Å². The Morgan fingerprint density at radius 2 is 1.91 bits per heavy atom. The van der Waals surface area contributed by atoms with Gasteiger partial charge in [-0.05, 0) is 55.2 Å². The number of halogens is 2. The topological polar surface area (TPSA) is 46.8 Å². The van der Waals surface area contributed by atoms with Crippen LogP contribution in [0.1, 0.15) is 47.9 Å². The van der Waals surface area contributed by atoms with E-state index in [1.165, 1.54) is 18.2 Å². The highest BCUT2D eigenvalue weighted by Crippen LogP contribution is 2.35. The fourth-order valence-electron chi connectivity index (χ4n) is 4.88. The van der Waals surface area contributed by atoms with Gasteiger partial charge >= 0.3 is 0 Å². The summed E-state index contributed by atoms with van der Waals surface area (Å²) in [7, 11) is 0. The number of pyridine rings is 1. The predicted molar refractivity (Wildman–Crippen MR) is 122 cm³/mol. The van der Waals surface area contributed by atoms with E-state index in [9.17, 15) is 13.6 Å².